The molecule has 1 aliphatic heterocycles. The summed E-state index contributed by atoms with van der Waals surface area (Å²) in [5.74, 6) is 0. The first-order valence-corrected chi connectivity index (χ1v) is 6.32. The zero-order valence-corrected chi connectivity index (χ0v) is 10.8. The number of ether oxygens (including phenoxy) is 1. The van der Waals surface area contributed by atoms with Crippen molar-refractivity contribution in [2.75, 3.05) is 33.3 Å². The van der Waals surface area contributed by atoms with Crippen molar-refractivity contribution in [2.45, 2.75) is 19.6 Å². The molecule has 1 N–H and O–H groups in total. The number of likely N-dealkylation sites (N-methyl/N-ethyl adjacent to an activating group) is 1. The highest BCUT2D eigenvalue weighted by molar-refractivity contribution is 5.21. The summed E-state index contributed by atoms with van der Waals surface area (Å²) in [7, 11) is 1.97. The first-order valence-electron chi connectivity index (χ1n) is 6.32. The molecule has 1 fully saturated rings. The number of rotatable bonds is 4. The number of benzene rings is 1. The highest BCUT2D eigenvalue weighted by atomic mass is 16.5. The summed E-state index contributed by atoms with van der Waals surface area (Å²) in [5.41, 5.74) is 2.71. The zero-order chi connectivity index (χ0) is 12.1. The summed E-state index contributed by atoms with van der Waals surface area (Å²) in [5, 5.41) is 3.18. The standard InChI is InChI=1S/C14H22N2O/c1-12-3-5-13(6-4-12)10-16-7-8-17-14(11-16)9-15-2/h3-6,14-15H,7-11H2,1-2H3. The van der Waals surface area contributed by atoms with Gasteiger partial charge in [-0.2, -0.15) is 0 Å². The normalized spacial score (nSPS) is 21.6. The van der Waals surface area contributed by atoms with Gasteiger partial charge in [0.25, 0.3) is 0 Å². The van der Waals surface area contributed by atoms with Crippen molar-refractivity contribution in [2.24, 2.45) is 0 Å². The number of morpholine rings is 1. The molecule has 0 spiro atoms. The molecule has 0 saturated carbocycles. The fourth-order valence-corrected chi connectivity index (χ4v) is 2.23. The molecule has 3 nitrogen and oxygen atoms in total. The van der Waals surface area contributed by atoms with Gasteiger partial charge in [-0.05, 0) is 19.5 Å². The summed E-state index contributed by atoms with van der Waals surface area (Å²) >= 11 is 0. The first kappa shape index (κ1) is 12.6. The largest absolute Gasteiger partial charge is 0.374 e. The fourth-order valence-electron chi connectivity index (χ4n) is 2.23. The molecule has 94 valence electrons. The Hall–Kier alpha value is -0.900. The van der Waals surface area contributed by atoms with Gasteiger partial charge in [0.15, 0.2) is 0 Å². The van der Waals surface area contributed by atoms with E-state index in [1.165, 1.54) is 11.1 Å². The van der Waals surface area contributed by atoms with Crippen LogP contribution in [0.1, 0.15) is 11.1 Å². The van der Waals surface area contributed by atoms with Crippen LogP contribution in [0.5, 0.6) is 0 Å². The Bertz CT molecular complexity index is 335. The molecule has 1 unspecified atom stereocenters. The van der Waals surface area contributed by atoms with Crippen LogP contribution in [0.15, 0.2) is 24.3 Å². The van der Waals surface area contributed by atoms with E-state index in [1.807, 2.05) is 7.05 Å². The van der Waals surface area contributed by atoms with E-state index in [9.17, 15) is 0 Å². The van der Waals surface area contributed by atoms with Crippen LogP contribution in [-0.2, 0) is 11.3 Å². The molecule has 1 aromatic carbocycles. The minimum atomic E-state index is 0.333. The number of hydrogen-bond acceptors (Lipinski definition) is 3. The van der Waals surface area contributed by atoms with Gasteiger partial charge in [0, 0.05) is 26.2 Å². The van der Waals surface area contributed by atoms with Crippen LogP contribution in [0.3, 0.4) is 0 Å². The number of nitrogens with one attached hydrogen (secondary N) is 1. The minimum Gasteiger partial charge on any atom is -0.374 e. The Morgan fingerprint density at radius 2 is 2.12 bits per heavy atom. The van der Waals surface area contributed by atoms with Gasteiger partial charge in [0.05, 0.1) is 12.7 Å². The summed E-state index contributed by atoms with van der Waals surface area (Å²) in [6, 6.07) is 8.80. The lowest BCUT2D eigenvalue weighted by Crippen LogP contribution is -2.45. The Morgan fingerprint density at radius 1 is 1.35 bits per heavy atom. The van der Waals surface area contributed by atoms with Crippen molar-refractivity contribution in [1.82, 2.24) is 10.2 Å². The highest BCUT2D eigenvalue weighted by Gasteiger charge is 2.19. The molecule has 0 amide bonds. The molecule has 0 bridgehead atoms. The topological polar surface area (TPSA) is 24.5 Å². The fraction of sp³-hybridized carbons (Fsp3) is 0.571. The van der Waals surface area contributed by atoms with Crippen LogP contribution in [-0.4, -0.2) is 44.3 Å². The van der Waals surface area contributed by atoms with Crippen LogP contribution in [0.4, 0.5) is 0 Å². The molecule has 17 heavy (non-hydrogen) atoms. The van der Waals surface area contributed by atoms with Crippen molar-refractivity contribution in [3.8, 4) is 0 Å². The minimum absolute atomic E-state index is 0.333. The van der Waals surface area contributed by atoms with E-state index in [-0.39, 0.29) is 0 Å². The van der Waals surface area contributed by atoms with E-state index in [0.717, 1.165) is 32.8 Å². The molecule has 3 heteroatoms. The molecular formula is C14H22N2O. The molecular weight excluding hydrogens is 212 g/mol. The van der Waals surface area contributed by atoms with Crippen LogP contribution >= 0.6 is 0 Å². The van der Waals surface area contributed by atoms with E-state index in [0.29, 0.717) is 6.10 Å². The summed E-state index contributed by atoms with van der Waals surface area (Å²) in [6.45, 7) is 7.00. The lowest BCUT2D eigenvalue weighted by atomic mass is 10.1. The predicted molar refractivity (Wildman–Crippen MR) is 70.1 cm³/mol. The molecule has 0 aliphatic carbocycles. The second kappa shape index (κ2) is 6.15. The van der Waals surface area contributed by atoms with Gasteiger partial charge in [0.1, 0.15) is 0 Å². The lowest BCUT2D eigenvalue weighted by molar-refractivity contribution is -0.0291. The summed E-state index contributed by atoms with van der Waals surface area (Å²) in [4.78, 5) is 2.47. The van der Waals surface area contributed by atoms with Crippen molar-refractivity contribution in [3.63, 3.8) is 0 Å². The quantitative estimate of drug-likeness (QED) is 0.852. The monoisotopic (exact) mass is 234 g/mol. The van der Waals surface area contributed by atoms with E-state index >= 15 is 0 Å². The second-order valence-electron chi connectivity index (χ2n) is 4.77. The third-order valence-electron chi connectivity index (χ3n) is 3.18. The number of aryl methyl sites for hydroxylation is 1. The van der Waals surface area contributed by atoms with Gasteiger partial charge < -0.3 is 10.1 Å². The summed E-state index contributed by atoms with van der Waals surface area (Å²) < 4.78 is 5.70. The van der Waals surface area contributed by atoms with E-state index < -0.39 is 0 Å². The molecule has 1 saturated heterocycles. The average Bonchev–Trinajstić information content (AvgIpc) is 2.33. The summed E-state index contributed by atoms with van der Waals surface area (Å²) in [6.07, 6.45) is 0.333. The maximum Gasteiger partial charge on any atom is 0.0826 e. The van der Waals surface area contributed by atoms with Crippen molar-refractivity contribution >= 4 is 0 Å². The van der Waals surface area contributed by atoms with Gasteiger partial charge in [-0.25, -0.2) is 0 Å². The van der Waals surface area contributed by atoms with E-state index in [4.69, 9.17) is 4.74 Å². The van der Waals surface area contributed by atoms with Gasteiger partial charge in [0.2, 0.25) is 0 Å². The Morgan fingerprint density at radius 3 is 2.82 bits per heavy atom. The predicted octanol–water partition coefficient (Wildman–Crippen LogP) is 1.42. The van der Waals surface area contributed by atoms with Gasteiger partial charge in [-0.15, -0.1) is 0 Å². The highest BCUT2D eigenvalue weighted by Crippen LogP contribution is 2.11. The first-order chi connectivity index (χ1) is 8.28. The van der Waals surface area contributed by atoms with Crippen LogP contribution in [0.2, 0.25) is 0 Å². The average molecular weight is 234 g/mol. The zero-order valence-electron chi connectivity index (χ0n) is 10.8. The third kappa shape index (κ3) is 3.80. The molecule has 1 atom stereocenters. The molecule has 1 aromatic rings. The molecule has 0 aromatic heterocycles. The van der Waals surface area contributed by atoms with Crippen LogP contribution in [0, 0.1) is 6.92 Å². The van der Waals surface area contributed by atoms with Crippen molar-refractivity contribution in [3.05, 3.63) is 35.4 Å². The maximum absolute atomic E-state index is 5.70. The van der Waals surface area contributed by atoms with Crippen LogP contribution < -0.4 is 5.32 Å². The SMILES string of the molecule is CNCC1CN(Cc2ccc(C)cc2)CCO1. The smallest absolute Gasteiger partial charge is 0.0826 e. The van der Waals surface area contributed by atoms with Crippen molar-refractivity contribution in [1.29, 1.82) is 0 Å². The molecule has 1 heterocycles. The van der Waals surface area contributed by atoms with Gasteiger partial charge in [-0.1, -0.05) is 29.8 Å². The van der Waals surface area contributed by atoms with E-state index in [2.05, 4.69) is 41.4 Å². The third-order valence-corrected chi connectivity index (χ3v) is 3.18. The number of nitrogens with zero attached hydrogens (tertiary/aromatic N) is 1. The van der Waals surface area contributed by atoms with Gasteiger partial charge >= 0.3 is 0 Å². The lowest BCUT2D eigenvalue weighted by Gasteiger charge is -2.32. The van der Waals surface area contributed by atoms with Crippen LogP contribution in [0.25, 0.3) is 0 Å². The second-order valence-corrected chi connectivity index (χ2v) is 4.77. The van der Waals surface area contributed by atoms with Gasteiger partial charge in [-0.3, -0.25) is 4.90 Å². The van der Waals surface area contributed by atoms with E-state index in [1.54, 1.807) is 0 Å². The molecule has 2 rings (SSSR count). The Kier molecular flexibility index (Phi) is 4.54. The Balaban J connectivity index is 1.87. The van der Waals surface area contributed by atoms with Crippen molar-refractivity contribution < 1.29 is 4.74 Å². The molecule has 0 radical (unpaired) electrons. The Labute approximate surface area is 104 Å². The maximum atomic E-state index is 5.70. The number of hydrogen-bond donors (Lipinski definition) is 1. The molecule has 1 aliphatic rings.